The normalized spacial score (nSPS) is 21.6. The number of halogens is 1. The SMILES string of the molecule is CC1CCC(NC(=O)Nc2cc(Br)cc(C(=O)O)c2)CC1. The van der Waals surface area contributed by atoms with Gasteiger partial charge in [-0.2, -0.15) is 0 Å². The number of nitrogens with one attached hydrogen (secondary N) is 2. The van der Waals surface area contributed by atoms with Gasteiger partial charge in [-0.1, -0.05) is 22.9 Å². The van der Waals surface area contributed by atoms with Crippen molar-refractivity contribution in [3.8, 4) is 0 Å². The van der Waals surface area contributed by atoms with Crippen LogP contribution in [0.5, 0.6) is 0 Å². The molecule has 1 aromatic carbocycles. The van der Waals surface area contributed by atoms with Crippen LogP contribution in [0.25, 0.3) is 0 Å². The Hall–Kier alpha value is -1.56. The first-order valence-corrected chi connectivity index (χ1v) is 7.84. The third-order valence-electron chi connectivity index (χ3n) is 3.75. The standard InChI is InChI=1S/C15H19BrN2O3/c1-9-2-4-12(5-3-9)17-15(21)18-13-7-10(14(19)20)6-11(16)8-13/h6-9,12H,2-5H2,1H3,(H,19,20)(H2,17,18,21). The number of carboxylic acid groups (broad SMARTS) is 1. The van der Waals surface area contributed by atoms with Gasteiger partial charge in [0.05, 0.1) is 5.56 Å². The van der Waals surface area contributed by atoms with Gasteiger partial charge in [-0.3, -0.25) is 0 Å². The Morgan fingerprint density at radius 2 is 1.86 bits per heavy atom. The van der Waals surface area contributed by atoms with Crippen molar-refractivity contribution >= 4 is 33.6 Å². The van der Waals surface area contributed by atoms with E-state index in [2.05, 4.69) is 33.5 Å². The third-order valence-corrected chi connectivity index (χ3v) is 4.21. The monoisotopic (exact) mass is 354 g/mol. The summed E-state index contributed by atoms with van der Waals surface area (Å²) in [5, 5.41) is 14.6. The van der Waals surface area contributed by atoms with E-state index in [0.29, 0.717) is 10.2 Å². The fourth-order valence-electron chi connectivity index (χ4n) is 2.54. The van der Waals surface area contributed by atoms with Crippen molar-refractivity contribution in [3.63, 3.8) is 0 Å². The molecule has 5 nitrogen and oxygen atoms in total. The molecule has 0 heterocycles. The molecule has 0 aliphatic heterocycles. The van der Waals surface area contributed by atoms with Crippen LogP contribution in [0.3, 0.4) is 0 Å². The van der Waals surface area contributed by atoms with Crippen LogP contribution in [0.4, 0.5) is 10.5 Å². The number of urea groups is 1. The number of rotatable bonds is 3. The lowest BCUT2D eigenvalue weighted by Gasteiger charge is -2.26. The van der Waals surface area contributed by atoms with Crippen LogP contribution in [0.15, 0.2) is 22.7 Å². The van der Waals surface area contributed by atoms with Gasteiger partial charge >= 0.3 is 12.0 Å². The molecule has 0 spiro atoms. The topological polar surface area (TPSA) is 78.4 Å². The first kappa shape index (κ1) is 15.8. The quantitative estimate of drug-likeness (QED) is 0.771. The average molecular weight is 355 g/mol. The van der Waals surface area contributed by atoms with E-state index in [-0.39, 0.29) is 17.6 Å². The minimum absolute atomic E-state index is 0.131. The Morgan fingerprint density at radius 3 is 2.48 bits per heavy atom. The first-order chi connectivity index (χ1) is 9.94. The second-order valence-electron chi connectivity index (χ2n) is 5.59. The number of carbonyl (C=O) groups excluding carboxylic acids is 1. The highest BCUT2D eigenvalue weighted by molar-refractivity contribution is 9.10. The van der Waals surface area contributed by atoms with E-state index in [4.69, 9.17) is 5.11 Å². The van der Waals surface area contributed by atoms with Crippen LogP contribution in [0.1, 0.15) is 43.0 Å². The van der Waals surface area contributed by atoms with E-state index < -0.39 is 5.97 Å². The molecule has 0 atom stereocenters. The van der Waals surface area contributed by atoms with Gasteiger partial charge in [-0.25, -0.2) is 9.59 Å². The fraction of sp³-hybridized carbons (Fsp3) is 0.467. The Bertz CT molecular complexity index is 540. The molecule has 0 saturated heterocycles. The van der Waals surface area contributed by atoms with Gasteiger partial charge in [-0.15, -0.1) is 0 Å². The first-order valence-electron chi connectivity index (χ1n) is 7.05. The van der Waals surface area contributed by atoms with E-state index in [1.807, 2.05) is 0 Å². The highest BCUT2D eigenvalue weighted by atomic mass is 79.9. The third kappa shape index (κ3) is 4.74. The van der Waals surface area contributed by atoms with Gasteiger partial charge in [0.1, 0.15) is 0 Å². The van der Waals surface area contributed by atoms with Gasteiger partial charge in [0.25, 0.3) is 0 Å². The van der Waals surface area contributed by atoms with Gasteiger partial charge in [0.2, 0.25) is 0 Å². The fourth-order valence-corrected chi connectivity index (χ4v) is 3.04. The average Bonchev–Trinajstić information content (AvgIpc) is 2.40. The molecule has 2 rings (SSSR count). The molecule has 0 bridgehead atoms. The Morgan fingerprint density at radius 1 is 1.19 bits per heavy atom. The number of hydrogen-bond acceptors (Lipinski definition) is 2. The summed E-state index contributed by atoms with van der Waals surface area (Å²) in [5.41, 5.74) is 0.592. The number of carbonyl (C=O) groups is 2. The minimum Gasteiger partial charge on any atom is -0.478 e. The maximum absolute atomic E-state index is 12.0. The van der Waals surface area contributed by atoms with Crippen molar-refractivity contribution in [2.45, 2.75) is 38.6 Å². The van der Waals surface area contributed by atoms with Crippen LogP contribution in [0, 0.1) is 5.92 Å². The van der Waals surface area contributed by atoms with Crippen molar-refractivity contribution < 1.29 is 14.7 Å². The zero-order valence-corrected chi connectivity index (χ0v) is 13.4. The second-order valence-corrected chi connectivity index (χ2v) is 6.50. The lowest BCUT2D eigenvalue weighted by atomic mass is 9.87. The van der Waals surface area contributed by atoms with E-state index in [9.17, 15) is 9.59 Å². The van der Waals surface area contributed by atoms with Crippen molar-refractivity contribution in [3.05, 3.63) is 28.2 Å². The minimum atomic E-state index is -1.03. The molecule has 1 aliphatic rings. The number of benzene rings is 1. The molecule has 0 aromatic heterocycles. The summed E-state index contributed by atoms with van der Waals surface area (Å²) in [6.07, 6.45) is 4.25. The van der Waals surface area contributed by atoms with Gasteiger partial charge in [-0.05, 0) is 49.8 Å². The predicted octanol–water partition coefficient (Wildman–Crippen LogP) is 3.85. The summed E-state index contributed by atoms with van der Waals surface area (Å²) in [6.45, 7) is 2.23. The number of aromatic carboxylic acids is 1. The van der Waals surface area contributed by atoms with Gasteiger partial charge in [0, 0.05) is 16.2 Å². The summed E-state index contributed by atoms with van der Waals surface area (Å²) in [6, 6.07) is 4.52. The Balaban J connectivity index is 1.95. The maximum Gasteiger partial charge on any atom is 0.335 e. The molecule has 0 unspecified atom stereocenters. The molecule has 1 fully saturated rings. The summed E-state index contributed by atoms with van der Waals surface area (Å²) >= 11 is 3.24. The molecule has 1 aliphatic carbocycles. The lowest BCUT2D eigenvalue weighted by molar-refractivity contribution is 0.0697. The Kier molecular flexibility index (Phi) is 5.22. The van der Waals surface area contributed by atoms with Crippen LogP contribution in [0.2, 0.25) is 0 Å². The molecular formula is C15H19BrN2O3. The van der Waals surface area contributed by atoms with Crippen LogP contribution < -0.4 is 10.6 Å². The summed E-state index contributed by atoms with van der Waals surface area (Å²) in [4.78, 5) is 23.0. The van der Waals surface area contributed by atoms with Crippen LogP contribution in [-0.4, -0.2) is 23.1 Å². The maximum atomic E-state index is 12.0. The molecule has 21 heavy (non-hydrogen) atoms. The molecular weight excluding hydrogens is 336 g/mol. The molecule has 1 aromatic rings. The van der Waals surface area contributed by atoms with E-state index in [1.165, 1.54) is 12.1 Å². The molecule has 6 heteroatoms. The van der Waals surface area contributed by atoms with E-state index in [0.717, 1.165) is 31.6 Å². The van der Waals surface area contributed by atoms with Crippen molar-refractivity contribution in [1.29, 1.82) is 0 Å². The summed E-state index contributed by atoms with van der Waals surface area (Å²) in [7, 11) is 0. The molecule has 3 N–H and O–H groups in total. The van der Waals surface area contributed by atoms with Crippen molar-refractivity contribution in [2.75, 3.05) is 5.32 Å². The van der Waals surface area contributed by atoms with E-state index in [1.54, 1.807) is 6.07 Å². The second kappa shape index (κ2) is 6.93. The van der Waals surface area contributed by atoms with Gasteiger partial charge < -0.3 is 15.7 Å². The van der Waals surface area contributed by atoms with Gasteiger partial charge in [0.15, 0.2) is 0 Å². The molecule has 1 saturated carbocycles. The van der Waals surface area contributed by atoms with Crippen LogP contribution in [-0.2, 0) is 0 Å². The smallest absolute Gasteiger partial charge is 0.335 e. The van der Waals surface area contributed by atoms with Crippen LogP contribution >= 0.6 is 15.9 Å². The zero-order valence-electron chi connectivity index (χ0n) is 11.9. The van der Waals surface area contributed by atoms with E-state index >= 15 is 0 Å². The highest BCUT2D eigenvalue weighted by Crippen LogP contribution is 2.24. The predicted molar refractivity (Wildman–Crippen MR) is 84.7 cm³/mol. The number of carboxylic acids is 1. The lowest BCUT2D eigenvalue weighted by Crippen LogP contribution is -2.39. The molecule has 0 radical (unpaired) electrons. The molecule has 2 amide bonds. The zero-order chi connectivity index (χ0) is 15.4. The number of hydrogen-bond donors (Lipinski definition) is 3. The highest BCUT2D eigenvalue weighted by Gasteiger charge is 2.19. The Labute approximate surface area is 132 Å². The summed E-state index contributed by atoms with van der Waals surface area (Å²) < 4.78 is 0.615. The van der Waals surface area contributed by atoms with Crippen molar-refractivity contribution in [2.24, 2.45) is 5.92 Å². The van der Waals surface area contributed by atoms with Crippen molar-refractivity contribution in [1.82, 2.24) is 5.32 Å². The number of anilines is 1. The molecule has 114 valence electrons. The number of amides is 2. The largest absolute Gasteiger partial charge is 0.478 e. The summed E-state index contributed by atoms with van der Waals surface area (Å²) in [5.74, 6) is -0.296.